The lowest BCUT2D eigenvalue weighted by Crippen LogP contribution is -2.14. The van der Waals surface area contributed by atoms with Crippen LogP contribution in [0.4, 0.5) is 9.52 Å². The summed E-state index contributed by atoms with van der Waals surface area (Å²) in [5.74, 6) is -0.804. The Morgan fingerprint density at radius 3 is 2.59 bits per heavy atom. The van der Waals surface area contributed by atoms with E-state index in [2.05, 4.69) is 14.9 Å². The first-order valence-corrected chi connectivity index (χ1v) is 6.86. The second-order valence-electron chi connectivity index (χ2n) is 3.16. The number of anilines is 1. The minimum atomic E-state index is -3.95. The second kappa shape index (κ2) is 4.38. The molecule has 0 atom stereocenters. The predicted molar refractivity (Wildman–Crippen MR) is 61.9 cm³/mol. The third kappa shape index (κ3) is 2.59. The average Bonchev–Trinajstić information content (AvgIpc) is 2.63. The van der Waals surface area contributed by atoms with Gasteiger partial charge in [-0.25, -0.2) is 12.8 Å². The zero-order valence-corrected chi connectivity index (χ0v) is 10.3. The summed E-state index contributed by atoms with van der Waals surface area (Å²) in [6.07, 6.45) is 0. The van der Waals surface area contributed by atoms with Crippen molar-refractivity contribution < 1.29 is 12.8 Å². The predicted octanol–water partition coefficient (Wildman–Crippen LogP) is 1.79. The molecule has 90 valence electrons. The van der Waals surface area contributed by atoms with Crippen molar-refractivity contribution in [3.05, 3.63) is 35.1 Å². The standard InChI is InChI=1S/C9H8FN3O2S2/c1-6-11-12-9(16-6)13-17(14,15)8-5-3-2-4-7(8)10/h2-5H,1H3,(H,12,13). The first kappa shape index (κ1) is 11.9. The van der Waals surface area contributed by atoms with Gasteiger partial charge in [-0.3, -0.25) is 4.72 Å². The van der Waals surface area contributed by atoms with Crippen LogP contribution in [0.1, 0.15) is 5.01 Å². The van der Waals surface area contributed by atoms with Crippen LogP contribution in [-0.4, -0.2) is 18.6 Å². The molecule has 0 bridgehead atoms. The fourth-order valence-electron chi connectivity index (χ4n) is 1.17. The quantitative estimate of drug-likeness (QED) is 0.925. The maximum absolute atomic E-state index is 13.3. The first-order valence-electron chi connectivity index (χ1n) is 4.56. The Labute approximate surface area is 101 Å². The Bertz CT molecular complexity index is 639. The van der Waals surface area contributed by atoms with Crippen LogP contribution < -0.4 is 4.72 Å². The van der Waals surface area contributed by atoms with E-state index in [0.717, 1.165) is 17.4 Å². The van der Waals surface area contributed by atoms with E-state index in [-0.39, 0.29) is 5.13 Å². The third-order valence-electron chi connectivity index (χ3n) is 1.87. The number of benzene rings is 1. The molecular formula is C9H8FN3O2S2. The number of nitrogens with one attached hydrogen (secondary N) is 1. The van der Waals surface area contributed by atoms with Gasteiger partial charge in [0, 0.05) is 0 Å². The largest absolute Gasteiger partial charge is 0.266 e. The number of halogens is 1. The molecule has 0 radical (unpaired) electrons. The van der Waals surface area contributed by atoms with Gasteiger partial charge in [-0.1, -0.05) is 23.5 Å². The maximum Gasteiger partial charge on any atom is 0.266 e. The minimum absolute atomic E-state index is 0.116. The number of sulfonamides is 1. The molecule has 1 N–H and O–H groups in total. The Balaban J connectivity index is 2.35. The summed E-state index contributed by atoms with van der Waals surface area (Å²) in [6.45, 7) is 1.69. The van der Waals surface area contributed by atoms with Crippen molar-refractivity contribution in [3.8, 4) is 0 Å². The Hall–Kier alpha value is -1.54. The van der Waals surface area contributed by atoms with E-state index < -0.39 is 20.7 Å². The van der Waals surface area contributed by atoms with Gasteiger partial charge in [0.1, 0.15) is 15.7 Å². The van der Waals surface area contributed by atoms with Crippen LogP contribution in [0.2, 0.25) is 0 Å². The number of nitrogens with zero attached hydrogens (tertiary/aromatic N) is 2. The van der Waals surface area contributed by atoms with Crippen LogP contribution in [0, 0.1) is 12.7 Å². The van der Waals surface area contributed by atoms with E-state index in [9.17, 15) is 12.8 Å². The minimum Gasteiger partial charge on any atom is -0.253 e. The summed E-state index contributed by atoms with van der Waals surface area (Å²) in [5.41, 5.74) is 0. The molecule has 0 fully saturated rings. The number of aryl methyl sites for hydroxylation is 1. The van der Waals surface area contributed by atoms with E-state index in [4.69, 9.17) is 0 Å². The van der Waals surface area contributed by atoms with E-state index >= 15 is 0 Å². The lowest BCUT2D eigenvalue weighted by atomic mass is 10.4. The van der Waals surface area contributed by atoms with Gasteiger partial charge in [-0.2, -0.15) is 0 Å². The monoisotopic (exact) mass is 273 g/mol. The molecule has 0 unspecified atom stereocenters. The molecule has 8 heteroatoms. The second-order valence-corrected chi connectivity index (χ2v) is 5.99. The van der Waals surface area contributed by atoms with Crippen LogP contribution >= 0.6 is 11.3 Å². The SMILES string of the molecule is Cc1nnc(NS(=O)(=O)c2ccccc2F)s1. The van der Waals surface area contributed by atoms with Gasteiger partial charge in [0.25, 0.3) is 10.0 Å². The zero-order valence-electron chi connectivity index (χ0n) is 8.71. The van der Waals surface area contributed by atoms with Gasteiger partial charge in [0.15, 0.2) is 0 Å². The van der Waals surface area contributed by atoms with Crippen molar-refractivity contribution >= 4 is 26.5 Å². The van der Waals surface area contributed by atoms with Crippen LogP contribution in [0.3, 0.4) is 0 Å². The molecule has 0 spiro atoms. The highest BCUT2D eigenvalue weighted by atomic mass is 32.2. The van der Waals surface area contributed by atoms with Crippen molar-refractivity contribution in [2.45, 2.75) is 11.8 Å². The maximum atomic E-state index is 13.3. The third-order valence-corrected chi connectivity index (χ3v) is 4.13. The number of hydrogen-bond donors (Lipinski definition) is 1. The molecule has 17 heavy (non-hydrogen) atoms. The highest BCUT2D eigenvalue weighted by Gasteiger charge is 2.19. The van der Waals surface area contributed by atoms with E-state index in [1.165, 1.54) is 18.2 Å². The summed E-state index contributed by atoms with van der Waals surface area (Å²) in [4.78, 5) is -0.409. The lowest BCUT2D eigenvalue weighted by Gasteiger charge is -2.04. The highest BCUT2D eigenvalue weighted by molar-refractivity contribution is 7.93. The van der Waals surface area contributed by atoms with Gasteiger partial charge in [-0.05, 0) is 19.1 Å². The summed E-state index contributed by atoms with van der Waals surface area (Å²) >= 11 is 1.08. The molecule has 0 amide bonds. The molecule has 2 rings (SSSR count). The van der Waals surface area contributed by atoms with E-state index in [1.54, 1.807) is 6.92 Å². The summed E-state index contributed by atoms with van der Waals surface area (Å²) in [5, 5.41) is 8.01. The summed E-state index contributed by atoms with van der Waals surface area (Å²) < 4.78 is 39.2. The molecule has 0 aliphatic rings. The van der Waals surface area contributed by atoms with Crippen LogP contribution in [0.15, 0.2) is 29.2 Å². The highest BCUT2D eigenvalue weighted by Crippen LogP contribution is 2.20. The van der Waals surface area contributed by atoms with Gasteiger partial charge in [0.2, 0.25) is 5.13 Å². The van der Waals surface area contributed by atoms with E-state index in [1.807, 2.05) is 0 Å². The van der Waals surface area contributed by atoms with Crippen molar-refractivity contribution in [2.75, 3.05) is 4.72 Å². The van der Waals surface area contributed by atoms with Crippen LogP contribution in [-0.2, 0) is 10.0 Å². The molecule has 1 heterocycles. The molecule has 1 aromatic carbocycles. The first-order chi connectivity index (χ1) is 7.99. The van der Waals surface area contributed by atoms with Crippen molar-refractivity contribution in [1.29, 1.82) is 0 Å². The molecule has 0 saturated carbocycles. The smallest absolute Gasteiger partial charge is 0.253 e. The number of hydrogen-bond acceptors (Lipinski definition) is 5. The molecular weight excluding hydrogens is 265 g/mol. The molecule has 5 nitrogen and oxygen atoms in total. The average molecular weight is 273 g/mol. The number of aromatic nitrogens is 2. The zero-order chi connectivity index (χ0) is 12.5. The fraction of sp³-hybridized carbons (Fsp3) is 0.111. The Kier molecular flexibility index (Phi) is 3.07. The van der Waals surface area contributed by atoms with Gasteiger partial charge >= 0.3 is 0 Å². The van der Waals surface area contributed by atoms with Crippen LogP contribution in [0.5, 0.6) is 0 Å². The summed E-state index contributed by atoms with van der Waals surface area (Å²) in [6, 6.07) is 5.14. The Morgan fingerprint density at radius 1 is 1.29 bits per heavy atom. The van der Waals surface area contributed by atoms with Crippen molar-refractivity contribution in [3.63, 3.8) is 0 Å². The number of rotatable bonds is 3. The van der Waals surface area contributed by atoms with Gasteiger partial charge in [-0.15, -0.1) is 10.2 Å². The fourth-order valence-corrected chi connectivity index (χ4v) is 3.07. The molecule has 0 saturated heterocycles. The Morgan fingerprint density at radius 2 is 2.00 bits per heavy atom. The molecule has 0 aliphatic carbocycles. The van der Waals surface area contributed by atoms with Gasteiger partial charge < -0.3 is 0 Å². The lowest BCUT2D eigenvalue weighted by molar-refractivity contribution is 0.570. The van der Waals surface area contributed by atoms with Crippen molar-refractivity contribution in [1.82, 2.24) is 10.2 Å². The van der Waals surface area contributed by atoms with Gasteiger partial charge in [0.05, 0.1) is 0 Å². The summed E-state index contributed by atoms with van der Waals surface area (Å²) in [7, 11) is -3.95. The van der Waals surface area contributed by atoms with Crippen LogP contribution in [0.25, 0.3) is 0 Å². The molecule has 2 aromatic rings. The topological polar surface area (TPSA) is 72.0 Å². The normalized spacial score (nSPS) is 11.4. The van der Waals surface area contributed by atoms with E-state index in [0.29, 0.717) is 5.01 Å². The molecule has 0 aliphatic heterocycles. The van der Waals surface area contributed by atoms with Crippen molar-refractivity contribution in [2.24, 2.45) is 0 Å². The molecule has 1 aromatic heterocycles.